The van der Waals surface area contributed by atoms with Crippen molar-refractivity contribution in [2.45, 2.75) is 6.92 Å². The first kappa shape index (κ1) is 18.2. The number of hydrogen-bond acceptors (Lipinski definition) is 6. The number of benzene rings is 2. The Balaban J connectivity index is 1.80. The number of carbonyl (C=O) groups excluding carboxylic acids is 1. The van der Waals surface area contributed by atoms with Gasteiger partial charge in [-0.25, -0.2) is 9.97 Å². The van der Waals surface area contributed by atoms with E-state index in [0.29, 0.717) is 28.7 Å². The van der Waals surface area contributed by atoms with Gasteiger partial charge in [0, 0.05) is 17.8 Å². The fraction of sp³-hybridized carbons (Fsp3) is 0.150. The van der Waals surface area contributed by atoms with Crippen molar-refractivity contribution >= 4 is 23.1 Å². The standard InChI is InChI=1S/C20H20N4O3/c1-13-5-4-6-14(9-13)23-20(25)17-11-19(22-12-21-17)24-16-10-15(26-2)7-8-18(16)27-3/h4-12H,1-3H3,(H,23,25)(H,21,22,24). The lowest BCUT2D eigenvalue weighted by Gasteiger charge is -2.12. The molecule has 0 spiro atoms. The fourth-order valence-corrected chi connectivity index (χ4v) is 2.52. The van der Waals surface area contributed by atoms with Crippen LogP contribution < -0.4 is 20.1 Å². The van der Waals surface area contributed by atoms with Crippen molar-refractivity contribution in [3.63, 3.8) is 0 Å². The van der Waals surface area contributed by atoms with E-state index >= 15 is 0 Å². The van der Waals surface area contributed by atoms with Gasteiger partial charge in [0.15, 0.2) is 0 Å². The van der Waals surface area contributed by atoms with Gasteiger partial charge in [0.1, 0.15) is 29.3 Å². The lowest BCUT2D eigenvalue weighted by atomic mass is 10.2. The quantitative estimate of drug-likeness (QED) is 0.692. The van der Waals surface area contributed by atoms with E-state index in [1.54, 1.807) is 38.5 Å². The summed E-state index contributed by atoms with van der Waals surface area (Å²) in [5.41, 5.74) is 2.68. The maximum Gasteiger partial charge on any atom is 0.274 e. The molecule has 0 radical (unpaired) electrons. The Morgan fingerprint density at radius 2 is 1.85 bits per heavy atom. The number of methoxy groups -OCH3 is 2. The highest BCUT2D eigenvalue weighted by Gasteiger charge is 2.11. The second kappa shape index (κ2) is 8.18. The van der Waals surface area contributed by atoms with Crippen molar-refractivity contribution in [3.8, 4) is 11.5 Å². The molecule has 0 saturated carbocycles. The summed E-state index contributed by atoms with van der Waals surface area (Å²) in [5, 5.41) is 5.96. The monoisotopic (exact) mass is 364 g/mol. The molecule has 0 bridgehead atoms. The Labute approximate surface area is 157 Å². The lowest BCUT2D eigenvalue weighted by molar-refractivity contribution is 0.102. The molecular weight excluding hydrogens is 344 g/mol. The molecule has 1 amide bonds. The van der Waals surface area contributed by atoms with Crippen molar-refractivity contribution in [2.24, 2.45) is 0 Å². The summed E-state index contributed by atoms with van der Waals surface area (Å²) in [5.74, 6) is 1.44. The molecule has 7 heteroatoms. The number of nitrogens with one attached hydrogen (secondary N) is 2. The van der Waals surface area contributed by atoms with Crippen LogP contribution in [0, 0.1) is 6.92 Å². The molecule has 0 unspecified atom stereocenters. The van der Waals surface area contributed by atoms with Crippen LogP contribution in [0.3, 0.4) is 0 Å². The van der Waals surface area contributed by atoms with Crippen LogP contribution in [0.2, 0.25) is 0 Å². The molecule has 7 nitrogen and oxygen atoms in total. The van der Waals surface area contributed by atoms with Crippen LogP contribution in [0.5, 0.6) is 11.5 Å². The Bertz CT molecular complexity index is 959. The van der Waals surface area contributed by atoms with E-state index in [4.69, 9.17) is 9.47 Å². The van der Waals surface area contributed by atoms with Gasteiger partial charge < -0.3 is 20.1 Å². The highest BCUT2D eigenvalue weighted by molar-refractivity contribution is 6.03. The Morgan fingerprint density at radius 1 is 1.00 bits per heavy atom. The van der Waals surface area contributed by atoms with E-state index in [9.17, 15) is 4.79 Å². The summed E-state index contributed by atoms with van der Waals surface area (Å²) in [4.78, 5) is 20.7. The first-order valence-corrected chi connectivity index (χ1v) is 8.28. The van der Waals surface area contributed by atoms with Crippen LogP contribution in [-0.2, 0) is 0 Å². The topological polar surface area (TPSA) is 85.4 Å². The SMILES string of the molecule is COc1ccc(OC)c(Nc2cc(C(=O)Nc3cccc(C)c3)ncn2)c1. The first-order valence-electron chi connectivity index (χ1n) is 8.28. The zero-order chi connectivity index (χ0) is 19.2. The molecule has 0 fully saturated rings. The molecule has 3 aromatic rings. The van der Waals surface area contributed by atoms with Crippen LogP contribution in [0.25, 0.3) is 0 Å². The summed E-state index contributed by atoms with van der Waals surface area (Å²) in [6.45, 7) is 1.96. The molecule has 0 aliphatic rings. The summed E-state index contributed by atoms with van der Waals surface area (Å²) in [6, 6.07) is 14.5. The van der Waals surface area contributed by atoms with Gasteiger partial charge in [0.25, 0.3) is 5.91 Å². The van der Waals surface area contributed by atoms with E-state index in [2.05, 4.69) is 20.6 Å². The third-order valence-electron chi connectivity index (χ3n) is 3.85. The average molecular weight is 364 g/mol. The second-order valence-corrected chi connectivity index (χ2v) is 5.80. The van der Waals surface area contributed by atoms with Gasteiger partial charge in [-0.3, -0.25) is 4.79 Å². The minimum Gasteiger partial charge on any atom is -0.497 e. The van der Waals surface area contributed by atoms with Gasteiger partial charge in [-0.2, -0.15) is 0 Å². The van der Waals surface area contributed by atoms with Gasteiger partial charge in [0.2, 0.25) is 0 Å². The second-order valence-electron chi connectivity index (χ2n) is 5.80. The molecule has 0 atom stereocenters. The molecular formula is C20H20N4O3. The molecule has 0 aliphatic carbocycles. The summed E-state index contributed by atoms with van der Waals surface area (Å²) >= 11 is 0. The van der Waals surface area contributed by atoms with E-state index in [-0.39, 0.29) is 11.6 Å². The average Bonchev–Trinajstić information content (AvgIpc) is 2.68. The Morgan fingerprint density at radius 3 is 2.59 bits per heavy atom. The summed E-state index contributed by atoms with van der Waals surface area (Å²) < 4.78 is 10.6. The number of ether oxygens (including phenoxy) is 2. The molecule has 1 heterocycles. The summed E-state index contributed by atoms with van der Waals surface area (Å²) in [7, 11) is 3.16. The highest BCUT2D eigenvalue weighted by Crippen LogP contribution is 2.31. The molecule has 2 aromatic carbocycles. The van der Waals surface area contributed by atoms with E-state index in [1.165, 1.54) is 6.33 Å². The molecule has 27 heavy (non-hydrogen) atoms. The molecule has 0 saturated heterocycles. The lowest BCUT2D eigenvalue weighted by Crippen LogP contribution is -2.14. The zero-order valence-electron chi connectivity index (χ0n) is 15.3. The fourth-order valence-electron chi connectivity index (χ4n) is 2.52. The van der Waals surface area contributed by atoms with E-state index in [1.807, 2.05) is 31.2 Å². The Hall–Kier alpha value is -3.61. The molecule has 2 N–H and O–H groups in total. The van der Waals surface area contributed by atoms with Gasteiger partial charge >= 0.3 is 0 Å². The van der Waals surface area contributed by atoms with Crippen LogP contribution in [0.1, 0.15) is 16.1 Å². The van der Waals surface area contributed by atoms with Gasteiger partial charge in [0.05, 0.1) is 19.9 Å². The first-order chi connectivity index (χ1) is 13.1. The van der Waals surface area contributed by atoms with Crippen molar-refractivity contribution in [1.29, 1.82) is 0 Å². The van der Waals surface area contributed by atoms with Crippen molar-refractivity contribution < 1.29 is 14.3 Å². The van der Waals surface area contributed by atoms with Crippen molar-refractivity contribution in [3.05, 3.63) is 66.1 Å². The van der Waals surface area contributed by atoms with Crippen molar-refractivity contribution in [2.75, 3.05) is 24.9 Å². The van der Waals surface area contributed by atoms with Crippen LogP contribution >= 0.6 is 0 Å². The smallest absolute Gasteiger partial charge is 0.274 e. The van der Waals surface area contributed by atoms with Gasteiger partial charge in [-0.1, -0.05) is 12.1 Å². The van der Waals surface area contributed by atoms with Crippen LogP contribution in [0.15, 0.2) is 54.9 Å². The largest absolute Gasteiger partial charge is 0.497 e. The molecule has 1 aromatic heterocycles. The summed E-state index contributed by atoms with van der Waals surface area (Å²) in [6.07, 6.45) is 1.33. The van der Waals surface area contributed by atoms with E-state index in [0.717, 1.165) is 5.56 Å². The number of hydrogen-bond donors (Lipinski definition) is 2. The predicted molar refractivity (Wildman–Crippen MR) is 104 cm³/mol. The number of aryl methyl sites for hydroxylation is 1. The number of rotatable bonds is 6. The number of aromatic nitrogens is 2. The molecule has 0 aliphatic heterocycles. The predicted octanol–water partition coefficient (Wildman–Crippen LogP) is 3.80. The highest BCUT2D eigenvalue weighted by atomic mass is 16.5. The molecule has 3 rings (SSSR count). The van der Waals surface area contributed by atoms with Gasteiger partial charge in [-0.05, 0) is 36.8 Å². The molecule has 138 valence electrons. The number of amides is 1. The zero-order valence-corrected chi connectivity index (χ0v) is 15.3. The maximum atomic E-state index is 12.5. The maximum absolute atomic E-state index is 12.5. The van der Waals surface area contributed by atoms with Crippen LogP contribution in [0.4, 0.5) is 17.2 Å². The number of nitrogens with zero attached hydrogens (tertiary/aromatic N) is 2. The van der Waals surface area contributed by atoms with E-state index < -0.39 is 0 Å². The van der Waals surface area contributed by atoms with Crippen molar-refractivity contribution in [1.82, 2.24) is 9.97 Å². The normalized spacial score (nSPS) is 10.2. The Kier molecular flexibility index (Phi) is 5.51. The third-order valence-corrected chi connectivity index (χ3v) is 3.85. The number of anilines is 3. The minimum absolute atomic E-state index is 0.246. The minimum atomic E-state index is -0.316. The van der Waals surface area contributed by atoms with Crippen LogP contribution in [-0.4, -0.2) is 30.1 Å². The van der Waals surface area contributed by atoms with Gasteiger partial charge in [-0.15, -0.1) is 0 Å². The third kappa shape index (κ3) is 4.52. The number of carbonyl (C=O) groups is 1.